The standard InChI is InChI=1S/C18H24N4O2S/c1-21-8-9-24-16(13-21)11-20-18(23)22(14-17-19-7-10-25-17)12-15-5-3-2-4-6-15/h2-7,10,16H,8-9,11-14H2,1H3,(H,20,23). The first kappa shape index (κ1) is 17.8. The van der Waals surface area contributed by atoms with Gasteiger partial charge in [-0.15, -0.1) is 11.3 Å². The molecule has 6 nitrogen and oxygen atoms in total. The summed E-state index contributed by atoms with van der Waals surface area (Å²) in [4.78, 5) is 21.0. The van der Waals surface area contributed by atoms with Gasteiger partial charge in [-0.05, 0) is 12.6 Å². The number of urea groups is 1. The molecule has 2 heterocycles. The van der Waals surface area contributed by atoms with Crippen molar-refractivity contribution in [2.45, 2.75) is 19.2 Å². The maximum absolute atomic E-state index is 12.7. The predicted molar refractivity (Wildman–Crippen MR) is 98.4 cm³/mol. The number of nitrogens with one attached hydrogen (secondary N) is 1. The molecule has 1 N–H and O–H groups in total. The molecule has 2 aromatic rings. The van der Waals surface area contributed by atoms with Crippen LogP contribution in [0.5, 0.6) is 0 Å². The molecule has 2 amide bonds. The molecule has 1 fully saturated rings. The molecule has 0 saturated carbocycles. The monoisotopic (exact) mass is 360 g/mol. The number of carbonyl (C=O) groups excluding carboxylic acids is 1. The maximum atomic E-state index is 12.7. The molecule has 1 atom stereocenters. The first-order chi connectivity index (χ1) is 12.2. The molecular weight excluding hydrogens is 336 g/mol. The van der Waals surface area contributed by atoms with Crippen LogP contribution in [0, 0.1) is 0 Å². The molecule has 1 aliphatic rings. The lowest BCUT2D eigenvalue weighted by molar-refractivity contribution is -0.0173. The van der Waals surface area contributed by atoms with Gasteiger partial charge < -0.3 is 19.9 Å². The van der Waals surface area contributed by atoms with Crippen LogP contribution in [-0.2, 0) is 17.8 Å². The summed E-state index contributed by atoms with van der Waals surface area (Å²) in [6, 6.07) is 9.92. The molecular formula is C18H24N4O2S. The third-order valence-corrected chi connectivity index (χ3v) is 4.90. The summed E-state index contributed by atoms with van der Waals surface area (Å²) in [6.07, 6.45) is 1.81. The van der Waals surface area contributed by atoms with Crippen molar-refractivity contribution in [3.05, 3.63) is 52.5 Å². The molecule has 1 aliphatic heterocycles. The number of thiazole rings is 1. The summed E-state index contributed by atoms with van der Waals surface area (Å²) in [5.41, 5.74) is 1.10. The maximum Gasteiger partial charge on any atom is 0.318 e. The zero-order valence-corrected chi connectivity index (χ0v) is 15.2. The summed E-state index contributed by atoms with van der Waals surface area (Å²) >= 11 is 1.56. The average Bonchev–Trinajstić information content (AvgIpc) is 3.13. The Morgan fingerprint density at radius 3 is 2.96 bits per heavy atom. The first-order valence-electron chi connectivity index (χ1n) is 8.46. The van der Waals surface area contributed by atoms with E-state index in [1.165, 1.54) is 0 Å². The van der Waals surface area contributed by atoms with Gasteiger partial charge in [0, 0.05) is 37.8 Å². The molecule has 134 valence electrons. The van der Waals surface area contributed by atoms with E-state index in [2.05, 4.69) is 22.2 Å². The van der Waals surface area contributed by atoms with Crippen LogP contribution in [0.3, 0.4) is 0 Å². The van der Waals surface area contributed by atoms with Gasteiger partial charge in [-0.1, -0.05) is 30.3 Å². The molecule has 1 aromatic heterocycles. The average molecular weight is 360 g/mol. The molecule has 1 saturated heterocycles. The highest BCUT2D eigenvalue weighted by Crippen LogP contribution is 2.12. The van der Waals surface area contributed by atoms with Gasteiger partial charge in [0.25, 0.3) is 0 Å². The fraction of sp³-hybridized carbons (Fsp3) is 0.444. The summed E-state index contributed by atoms with van der Waals surface area (Å²) in [5, 5.41) is 5.88. The number of nitrogens with zero attached hydrogens (tertiary/aromatic N) is 3. The van der Waals surface area contributed by atoms with E-state index in [1.54, 1.807) is 22.4 Å². The molecule has 25 heavy (non-hydrogen) atoms. The molecule has 1 aromatic carbocycles. The molecule has 0 aliphatic carbocycles. The Morgan fingerprint density at radius 1 is 1.40 bits per heavy atom. The third kappa shape index (κ3) is 5.52. The Labute approximate surface area is 152 Å². The van der Waals surface area contributed by atoms with Crippen molar-refractivity contribution >= 4 is 17.4 Å². The highest BCUT2D eigenvalue weighted by Gasteiger charge is 2.21. The number of likely N-dealkylation sites (N-methyl/N-ethyl adjacent to an activating group) is 1. The summed E-state index contributed by atoms with van der Waals surface area (Å²) in [6.45, 7) is 4.07. The highest BCUT2D eigenvalue weighted by atomic mass is 32.1. The summed E-state index contributed by atoms with van der Waals surface area (Å²) < 4.78 is 5.72. The minimum atomic E-state index is -0.0871. The van der Waals surface area contributed by atoms with Crippen LogP contribution in [0.1, 0.15) is 10.6 Å². The number of hydrogen-bond donors (Lipinski definition) is 1. The van der Waals surface area contributed by atoms with Crippen molar-refractivity contribution < 1.29 is 9.53 Å². The van der Waals surface area contributed by atoms with Crippen molar-refractivity contribution in [1.29, 1.82) is 0 Å². The molecule has 0 spiro atoms. The lowest BCUT2D eigenvalue weighted by Crippen LogP contribution is -2.48. The summed E-state index contributed by atoms with van der Waals surface area (Å²) in [5.74, 6) is 0. The van der Waals surface area contributed by atoms with E-state index in [-0.39, 0.29) is 12.1 Å². The lowest BCUT2D eigenvalue weighted by Gasteiger charge is -2.31. The number of morpholine rings is 1. The molecule has 1 unspecified atom stereocenters. The van der Waals surface area contributed by atoms with Crippen molar-refractivity contribution in [3.63, 3.8) is 0 Å². The second-order valence-electron chi connectivity index (χ2n) is 6.21. The third-order valence-electron chi connectivity index (χ3n) is 4.14. The van der Waals surface area contributed by atoms with Crippen LogP contribution in [0.4, 0.5) is 4.79 Å². The van der Waals surface area contributed by atoms with Gasteiger partial charge in [0.05, 0.1) is 19.3 Å². The minimum Gasteiger partial charge on any atom is -0.374 e. The molecule has 0 bridgehead atoms. The van der Waals surface area contributed by atoms with E-state index < -0.39 is 0 Å². The van der Waals surface area contributed by atoms with E-state index in [4.69, 9.17) is 4.74 Å². The van der Waals surface area contributed by atoms with Crippen molar-refractivity contribution in [2.24, 2.45) is 0 Å². The fourth-order valence-corrected chi connectivity index (χ4v) is 3.43. The zero-order chi connectivity index (χ0) is 17.5. The van der Waals surface area contributed by atoms with Gasteiger partial charge in [-0.3, -0.25) is 0 Å². The Kier molecular flexibility index (Phi) is 6.38. The predicted octanol–water partition coefficient (Wildman–Crippen LogP) is 2.19. The number of ether oxygens (including phenoxy) is 1. The zero-order valence-electron chi connectivity index (χ0n) is 14.4. The molecule has 0 radical (unpaired) electrons. The van der Waals surface area contributed by atoms with Gasteiger partial charge in [-0.25, -0.2) is 9.78 Å². The van der Waals surface area contributed by atoms with Crippen molar-refractivity contribution in [2.75, 3.05) is 33.3 Å². The van der Waals surface area contributed by atoms with E-state index in [1.807, 2.05) is 35.7 Å². The Bertz CT molecular complexity index is 650. The Hall–Kier alpha value is -1.96. The lowest BCUT2D eigenvalue weighted by atomic mass is 10.2. The van der Waals surface area contributed by atoms with Crippen LogP contribution >= 0.6 is 11.3 Å². The molecule has 3 rings (SSSR count). The number of hydrogen-bond acceptors (Lipinski definition) is 5. The second-order valence-corrected chi connectivity index (χ2v) is 7.19. The fourth-order valence-electron chi connectivity index (χ4n) is 2.80. The molecule has 7 heteroatoms. The number of carbonyl (C=O) groups is 1. The van der Waals surface area contributed by atoms with Crippen LogP contribution in [-0.4, -0.2) is 60.2 Å². The Balaban J connectivity index is 1.60. The quantitative estimate of drug-likeness (QED) is 0.858. The van der Waals surface area contributed by atoms with E-state index >= 15 is 0 Å². The van der Waals surface area contributed by atoms with E-state index in [9.17, 15) is 4.79 Å². The van der Waals surface area contributed by atoms with Gasteiger partial charge in [0.1, 0.15) is 5.01 Å². The second kappa shape index (κ2) is 8.94. The number of aromatic nitrogens is 1. The van der Waals surface area contributed by atoms with Crippen LogP contribution in [0.25, 0.3) is 0 Å². The summed E-state index contributed by atoms with van der Waals surface area (Å²) in [7, 11) is 2.07. The van der Waals surface area contributed by atoms with Gasteiger partial charge in [0.2, 0.25) is 0 Å². The van der Waals surface area contributed by atoms with Crippen LogP contribution in [0.15, 0.2) is 41.9 Å². The van der Waals surface area contributed by atoms with Crippen LogP contribution < -0.4 is 5.32 Å². The largest absolute Gasteiger partial charge is 0.374 e. The Morgan fingerprint density at radius 2 is 2.24 bits per heavy atom. The van der Waals surface area contributed by atoms with E-state index in [0.29, 0.717) is 26.2 Å². The topological polar surface area (TPSA) is 57.7 Å². The van der Waals surface area contributed by atoms with Crippen LogP contribution in [0.2, 0.25) is 0 Å². The highest BCUT2D eigenvalue weighted by molar-refractivity contribution is 7.09. The van der Waals surface area contributed by atoms with Gasteiger partial charge in [0.15, 0.2) is 0 Å². The SMILES string of the molecule is CN1CCOC(CNC(=O)N(Cc2ccccc2)Cc2nccs2)C1. The number of benzene rings is 1. The number of rotatable bonds is 6. The van der Waals surface area contributed by atoms with Gasteiger partial charge in [-0.2, -0.15) is 0 Å². The normalized spacial score (nSPS) is 18.0. The minimum absolute atomic E-state index is 0.0427. The number of amides is 2. The van der Waals surface area contributed by atoms with Crippen molar-refractivity contribution in [3.8, 4) is 0 Å². The smallest absolute Gasteiger partial charge is 0.318 e. The van der Waals surface area contributed by atoms with E-state index in [0.717, 1.165) is 23.7 Å². The van der Waals surface area contributed by atoms with Gasteiger partial charge >= 0.3 is 6.03 Å². The van der Waals surface area contributed by atoms with Crippen molar-refractivity contribution in [1.82, 2.24) is 20.1 Å². The first-order valence-corrected chi connectivity index (χ1v) is 9.34.